The molecule has 13 N–H and O–H groups in total. The molecule has 1 aromatic rings. The van der Waals surface area contributed by atoms with E-state index < -0.39 is 146 Å². The molecule has 0 spiro atoms. The van der Waals surface area contributed by atoms with Crippen LogP contribution in [0.5, 0.6) is 5.75 Å². The molecule has 0 saturated carbocycles. The molecule has 59 heavy (non-hydrogen) atoms. The van der Waals surface area contributed by atoms with Gasteiger partial charge in [-0.05, 0) is 31.0 Å². The Morgan fingerprint density at radius 3 is 2.03 bits per heavy atom. The van der Waals surface area contributed by atoms with Crippen molar-refractivity contribution >= 4 is 47.6 Å². The van der Waals surface area contributed by atoms with Gasteiger partial charge in [0, 0.05) is 31.8 Å². The van der Waals surface area contributed by atoms with Gasteiger partial charge in [0.2, 0.25) is 35.9 Å². The van der Waals surface area contributed by atoms with E-state index >= 15 is 0 Å². The van der Waals surface area contributed by atoms with Gasteiger partial charge in [-0.1, -0.05) is 26.0 Å². The van der Waals surface area contributed by atoms with E-state index in [4.69, 9.17) is 0 Å². The summed E-state index contributed by atoms with van der Waals surface area (Å²) < 4.78 is 0. The molecule has 0 bridgehead atoms. The highest BCUT2D eigenvalue weighted by Gasteiger charge is 2.50. The van der Waals surface area contributed by atoms with Crippen LogP contribution in [-0.2, 0) is 38.4 Å². The zero-order valence-corrected chi connectivity index (χ0v) is 32.2. The Labute approximate surface area is 336 Å². The first kappa shape index (κ1) is 46.4. The van der Waals surface area contributed by atoms with Gasteiger partial charge in [-0.25, -0.2) is 0 Å². The maximum Gasteiger partial charge on any atom is 0.251 e. The molecule has 0 unspecified atom stereocenters. The molecule has 4 rings (SSSR count). The summed E-state index contributed by atoms with van der Waals surface area (Å²) in [5, 5.41) is 96.3. The number of hydrogen-bond acceptors (Lipinski definition) is 16. The Balaban J connectivity index is 1.84. The minimum atomic E-state index is -2.41. The van der Waals surface area contributed by atoms with Crippen LogP contribution in [0, 0.1) is 5.92 Å². The number of amides is 7. The van der Waals surface area contributed by atoms with Gasteiger partial charge in [0.05, 0.1) is 24.4 Å². The molecule has 14 atom stereocenters. The fourth-order valence-corrected chi connectivity index (χ4v) is 7.17. The first-order chi connectivity index (χ1) is 27.7. The summed E-state index contributed by atoms with van der Waals surface area (Å²) in [4.78, 5) is 110. The van der Waals surface area contributed by atoms with Crippen LogP contribution < -0.4 is 26.6 Å². The van der Waals surface area contributed by atoms with Gasteiger partial charge in [0.15, 0.2) is 18.1 Å². The van der Waals surface area contributed by atoms with E-state index in [2.05, 4.69) is 21.3 Å². The van der Waals surface area contributed by atoms with E-state index in [0.29, 0.717) is 0 Å². The number of hydrogen-bond donors (Lipinski definition) is 13. The van der Waals surface area contributed by atoms with Crippen LogP contribution in [0.1, 0.15) is 51.7 Å². The summed E-state index contributed by atoms with van der Waals surface area (Å²) >= 11 is 0. The molecular weight excluding hydrogens is 786 g/mol. The fourth-order valence-electron chi connectivity index (χ4n) is 7.17. The lowest BCUT2D eigenvalue weighted by Crippen LogP contribution is -2.63. The monoisotopic (exact) mass is 837 g/mol. The normalized spacial score (nSPS) is 33.2. The van der Waals surface area contributed by atoms with E-state index in [0.717, 1.165) is 41.0 Å². The van der Waals surface area contributed by atoms with Crippen molar-refractivity contribution < 1.29 is 79.2 Å². The van der Waals surface area contributed by atoms with E-state index in [9.17, 15) is 79.2 Å². The maximum absolute atomic E-state index is 14.2. The standard InChI is InChI=1S/C36H51N7O16/c1-4-21(48)24-36(59)43-11-14(2)27(50)26(43)34(57)41-32(55)22(49)10-19(37-13-44)30(53)38-23(15(3)45)35(58)42-12-18(47)9-20(42)31(54)40-25(33(56)39-24)29(52)28(51)16-5-7-17(46)8-6-16/h5-8,13-15,18-28,32,45-51,55H,4,9-12H2,1-3H3,(H,37,44)(H,38,53)(H,39,56)(H,40,54)(H,41,57)/t14-,15+,18+,19+,20-,21+,22+,23-,24-,25-,26-,27-,28-,32+/m0/s1. The van der Waals surface area contributed by atoms with Gasteiger partial charge in [-0.2, -0.15) is 0 Å². The van der Waals surface area contributed by atoms with Crippen LogP contribution in [0.4, 0.5) is 0 Å². The van der Waals surface area contributed by atoms with E-state index in [1.54, 1.807) is 0 Å². The number of Topliss-reactive ketones (excluding diaryl/α,β-unsaturated/α-hetero) is 1. The van der Waals surface area contributed by atoms with Crippen molar-refractivity contribution in [3.8, 4) is 5.75 Å². The minimum absolute atomic E-state index is 0.0479. The molecule has 23 nitrogen and oxygen atoms in total. The number of nitrogens with one attached hydrogen (secondary N) is 5. The summed E-state index contributed by atoms with van der Waals surface area (Å²) in [6, 6.07) is -7.07. The van der Waals surface area contributed by atoms with E-state index in [1.807, 2.05) is 5.32 Å². The number of carbonyl (C=O) groups is 8. The smallest absolute Gasteiger partial charge is 0.251 e. The molecule has 3 heterocycles. The number of aliphatic hydroxyl groups excluding tert-OH is 7. The van der Waals surface area contributed by atoms with Crippen molar-refractivity contribution in [2.45, 2.75) is 119 Å². The third kappa shape index (κ3) is 10.5. The summed E-state index contributed by atoms with van der Waals surface area (Å²) in [6.07, 6.45) is -14.4. The average molecular weight is 838 g/mol. The number of carbonyl (C=O) groups excluding carboxylic acids is 8. The molecule has 23 heteroatoms. The molecule has 7 amide bonds. The average Bonchev–Trinajstić information content (AvgIpc) is 3.74. The van der Waals surface area contributed by atoms with Crippen molar-refractivity contribution in [3.63, 3.8) is 0 Å². The molecule has 3 fully saturated rings. The van der Waals surface area contributed by atoms with E-state index in [1.165, 1.54) is 13.8 Å². The molecule has 1 aromatic carbocycles. The second-order valence-electron chi connectivity index (χ2n) is 14.9. The Hall–Kier alpha value is -5.30. The van der Waals surface area contributed by atoms with E-state index in [-0.39, 0.29) is 30.7 Å². The number of nitrogens with zero attached hydrogens (tertiary/aromatic N) is 2. The Morgan fingerprint density at radius 1 is 0.831 bits per heavy atom. The van der Waals surface area contributed by atoms with Gasteiger partial charge >= 0.3 is 0 Å². The Kier molecular flexibility index (Phi) is 15.4. The SMILES string of the molecule is CC[C@@H](O)[C@@H]1NC(=O)[C@H](C(=O)[C@@H](O)c2ccc(O)cc2)NC(=O)[C@@H]2C[C@@H](O)CN2C(=O)[C@H]([C@@H](C)O)NC(=O)[C@H](NC=O)C[C@@H](O)[C@@H](O)NC(=O)[C@@H]2[C@@H](O)[C@@H](C)CN2C1=O. The number of aliphatic hydroxyl groups is 7. The molecule has 3 aliphatic heterocycles. The molecule has 0 aromatic heterocycles. The van der Waals surface area contributed by atoms with Gasteiger partial charge in [-0.3, -0.25) is 38.4 Å². The van der Waals surface area contributed by atoms with Crippen molar-refractivity contribution in [1.82, 2.24) is 36.4 Å². The highest BCUT2D eigenvalue weighted by atomic mass is 16.3. The Bertz CT molecular complexity index is 1750. The predicted molar refractivity (Wildman–Crippen MR) is 196 cm³/mol. The molecule has 3 aliphatic rings. The Morgan fingerprint density at radius 2 is 1.44 bits per heavy atom. The zero-order chi connectivity index (χ0) is 44.0. The van der Waals surface area contributed by atoms with Crippen molar-refractivity contribution in [3.05, 3.63) is 29.8 Å². The lowest BCUT2D eigenvalue weighted by Gasteiger charge is -2.33. The van der Waals surface area contributed by atoms with Gasteiger partial charge < -0.3 is 77.2 Å². The first-order valence-corrected chi connectivity index (χ1v) is 18.8. The van der Waals surface area contributed by atoms with Gasteiger partial charge in [-0.15, -0.1) is 0 Å². The fraction of sp³-hybridized carbons (Fsp3) is 0.611. The number of phenolic OH excluding ortho intramolecular Hbond substituents is 1. The van der Waals surface area contributed by atoms with Crippen LogP contribution in [0.2, 0.25) is 0 Å². The largest absolute Gasteiger partial charge is 0.508 e. The van der Waals surface area contributed by atoms with Crippen molar-refractivity contribution in [2.75, 3.05) is 13.1 Å². The number of rotatable bonds is 8. The van der Waals surface area contributed by atoms with Crippen LogP contribution in [0.15, 0.2) is 24.3 Å². The lowest BCUT2D eigenvalue weighted by molar-refractivity contribution is -0.149. The third-order valence-electron chi connectivity index (χ3n) is 10.6. The first-order valence-electron chi connectivity index (χ1n) is 18.8. The number of fused-ring (bicyclic) bond motifs is 2. The number of benzene rings is 1. The van der Waals surface area contributed by atoms with Gasteiger partial charge in [0.1, 0.15) is 48.2 Å². The summed E-state index contributed by atoms with van der Waals surface area (Å²) in [7, 11) is 0. The molecule has 3 saturated heterocycles. The topological polar surface area (TPSA) is 365 Å². The van der Waals surface area contributed by atoms with Crippen LogP contribution in [0.3, 0.4) is 0 Å². The zero-order valence-electron chi connectivity index (χ0n) is 32.2. The third-order valence-corrected chi connectivity index (χ3v) is 10.6. The quantitative estimate of drug-likeness (QED) is 0.0855. The summed E-state index contributed by atoms with van der Waals surface area (Å²) in [6.45, 7) is 3.01. The number of ketones is 1. The molecule has 0 radical (unpaired) electrons. The lowest BCUT2D eigenvalue weighted by atomic mass is 9.98. The maximum atomic E-state index is 14.2. The van der Waals surface area contributed by atoms with Gasteiger partial charge in [0.25, 0.3) is 5.91 Å². The molecular formula is C36H51N7O16. The van der Waals surface area contributed by atoms with Crippen molar-refractivity contribution in [1.29, 1.82) is 0 Å². The molecule has 0 aliphatic carbocycles. The minimum Gasteiger partial charge on any atom is -0.508 e. The second kappa shape index (κ2) is 19.6. The summed E-state index contributed by atoms with van der Waals surface area (Å²) in [5.74, 6) is -10.0. The second-order valence-corrected chi connectivity index (χ2v) is 14.9. The number of aromatic hydroxyl groups is 1. The molecule has 326 valence electrons. The van der Waals surface area contributed by atoms with Crippen molar-refractivity contribution in [2.24, 2.45) is 5.92 Å². The number of phenols is 1. The predicted octanol–water partition coefficient (Wildman–Crippen LogP) is -6.92. The van der Waals surface area contributed by atoms with Crippen LogP contribution >= 0.6 is 0 Å². The highest BCUT2D eigenvalue weighted by Crippen LogP contribution is 2.27. The van der Waals surface area contributed by atoms with Crippen LogP contribution in [0.25, 0.3) is 0 Å². The summed E-state index contributed by atoms with van der Waals surface area (Å²) in [5.41, 5.74) is -0.161. The van der Waals surface area contributed by atoms with Crippen LogP contribution in [-0.4, -0.2) is 184 Å². The highest BCUT2D eigenvalue weighted by molar-refractivity contribution is 6.11.